The number of piperazine rings is 1. The molecule has 1 saturated heterocycles. The lowest BCUT2D eigenvalue weighted by Gasteiger charge is -2.36. The molecule has 0 radical (unpaired) electrons. The number of carbonyl (C=O) groups excluding carboxylic acids is 2. The van der Waals surface area contributed by atoms with E-state index in [2.05, 4.69) is 11.0 Å². The zero-order valence-electron chi connectivity index (χ0n) is 16.2. The molecule has 2 aromatic rings. The molecular formula is C21H26N2O3S. The van der Waals surface area contributed by atoms with E-state index < -0.39 is 0 Å². The van der Waals surface area contributed by atoms with E-state index in [4.69, 9.17) is 4.74 Å². The molecule has 1 fully saturated rings. The summed E-state index contributed by atoms with van der Waals surface area (Å²) in [5, 5.41) is 0. The van der Waals surface area contributed by atoms with Gasteiger partial charge in [-0.1, -0.05) is 6.07 Å². The fourth-order valence-electron chi connectivity index (χ4n) is 3.44. The number of anilines is 1. The standard InChI is InChI=1S/C21H26N2O3S/c1-15-13-19(16(2)27-15)20(24)7-8-21(25)23-11-9-22(10-12-23)17-5-4-6-18(14-17)26-3/h4-6,13-14H,7-12H2,1-3H3. The maximum absolute atomic E-state index is 12.5. The highest BCUT2D eigenvalue weighted by Gasteiger charge is 2.22. The van der Waals surface area contributed by atoms with Crippen LogP contribution in [0.1, 0.15) is 33.0 Å². The molecule has 3 rings (SSSR count). The maximum Gasteiger partial charge on any atom is 0.223 e. The summed E-state index contributed by atoms with van der Waals surface area (Å²) in [4.78, 5) is 31.2. The van der Waals surface area contributed by atoms with Gasteiger partial charge in [-0.25, -0.2) is 0 Å². The van der Waals surface area contributed by atoms with Crippen molar-refractivity contribution in [1.82, 2.24) is 4.90 Å². The summed E-state index contributed by atoms with van der Waals surface area (Å²) < 4.78 is 5.28. The summed E-state index contributed by atoms with van der Waals surface area (Å²) in [5.41, 5.74) is 1.88. The van der Waals surface area contributed by atoms with E-state index in [1.807, 2.05) is 43.0 Å². The van der Waals surface area contributed by atoms with Crippen molar-refractivity contribution in [2.24, 2.45) is 0 Å². The molecule has 5 nitrogen and oxygen atoms in total. The molecule has 0 unspecified atom stereocenters. The lowest BCUT2D eigenvalue weighted by atomic mass is 10.1. The van der Waals surface area contributed by atoms with Crippen molar-refractivity contribution < 1.29 is 14.3 Å². The molecule has 2 heterocycles. The molecular weight excluding hydrogens is 360 g/mol. The number of methoxy groups -OCH3 is 1. The van der Waals surface area contributed by atoms with Gasteiger partial charge in [-0.05, 0) is 32.0 Å². The zero-order chi connectivity index (χ0) is 19.4. The second kappa shape index (κ2) is 8.57. The molecule has 0 N–H and O–H groups in total. The molecule has 1 aliphatic heterocycles. The average molecular weight is 387 g/mol. The van der Waals surface area contributed by atoms with Crippen LogP contribution in [0.5, 0.6) is 5.75 Å². The first-order chi connectivity index (χ1) is 13.0. The monoisotopic (exact) mass is 386 g/mol. The number of ketones is 1. The Morgan fingerprint density at radius 1 is 1.07 bits per heavy atom. The normalized spacial score (nSPS) is 14.3. The molecule has 0 aliphatic carbocycles. The summed E-state index contributed by atoms with van der Waals surface area (Å²) in [6.45, 7) is 6.90. The van der Waals surface area contributed by atoms with Crippen LogP contribution in [0.3, 0.4) is 0 Å². The lowest BCUT2D eigenvalue weighted by Crippen LogP contribution is -2.48. The number of nitrogens with zero attached hydrogens (tertiary/aromatic N) is 2. The van der Waals surface area contributed by atoms with Crippen molar-refractivity contribution in [3.05, 3.63) is 45.6 Å². The Balaban J connectivity index is 1.49. The van der Waals surface area contributed by atoms with Crippen molar-refractivity contribution in [3.63, 3.8) is 0 Å². The Kier molecular flexibility index (Phi) is 6.16. The van der Waals surface area contributed by atoms with Crippen LogP contribution < -0.4 is 9.64 Å². The minimum atomic E-state index is 0.0678. The van der Waals surface area contributed by atoms with Crippen LogP contribution in [0, 0.1) is 13.8 Å². The second-order valence-corrected chi connectivity index (χ2v) is 8.28. The van der Waals surface area contributed by atoms with Gasteiger partial charge in [-0.3, -0.25) is 9.59 Å². The summed E-state index contributed by atoms with van der Waals surface area (Å²) in [6.07, 6.45) is 0.568. The number of hydrogen-bond donors (Lipinski definition) is 0. The number of amides is 1. The second-order valence-electron chi connectivity index (χ2n) is 6.82. The molecule has 0 saturated carbocycles. The predicted molar refractivity (Wildman–Crippen MR) is 109 cm³/mol. The lowest BCUT2D eigenvalue weighted by molar-refractivity contribution is -0.131. The van der Waals surface area contributed by atoms with Crippen LogP contribution in [0.15, 0.2) is 30.3 Å². The molecule has 1 amide bonds. The summed E-state index contributed by atoms with van der Waals surface area (Å²) in [5.74, 6) is 0.974. The van der Waals surface area contributed by atoms with E-state index in [-0.39, 0.29) is 24.5 Å². The first kappa shape index (κ1) is 19.4. The van der Waals surface area contributed by atoms with Gasteiger partial charge in [-0.2, -0.15) is 0 Å². The molecule has 144 valence electrons. The number of rotatable bonds is 6. The minimum Gasteiger partial charge on any atom is -0.497 e. The quantitative estimate of drug-likeness (QED) is 0.711. The van der Waals surface area contributed by atoms with E-state index in [1.165, 1.54) is 0 Å². The van der Waals surface area contributed by atoms with Crippen molar-refractivity contribution in [3.8, 4) is 5.75 Å². The Morgan fingerprint density at radius 3 is 2.44 bits per heavy atom. The molecule has 0 bridgehead atoms. The van der Waals surface area contributed by atoms with Gasteiger partial charge in [0.1, 0.15) is 5.75 Å². The number of carbonyl (C=O) groups is 2. The van der Waals surface area contributed by atoms with E-state index >= 15 is 0 Å². The third kappa shape index (κ3) is 4.69. The van der Waals surface area contributed by atoms with E-state index in [0.29, 0.717) is 13.1 Å². The van der Waals surface area contributed by atoms with Gasteiger partial charge >= 0.3 is 0 Å². The van der Waals surface area contributed by atoms with Crippen LogP contribution in [0.25, 0.3) is 0 Å². The highest BCUT2D eigenvalue weighted by molar-refractivity contribution is 7.12. The van der Waals surface area contributed by atoms with Gasteiger partial charge in [0.25, 0.3) is 0 Å². The molecule has 6 heteroatoms. The summed E-state index contributed by atoms with van der Waals surface area (Å²) in [7, 11) is 1.66. The predicted octanol–water partition coefficient (Wildman–Crippen LogP) is 3.69. The van der Waals surface area contributed by atoms with Crippen LogP contribution >= 0.6 is 11.3 Å². The van der Waals surface area contributed by atoms with Crippen LogP contribution in [-0.4, -0.2) is 49.9 Å². The fraction of sp³-hybridized carbons (Fsp3) is 0.429. The molecule has 0 spiro atoms. The third-order valence-corrected chi connectivity index (χ3v) is 5.92. The highest BCUT2D eigenvalue weighted by Crippen LogP contribution is 2.24. The van der Waals surface area contributed by atoms with Crippen molar-refractivity contribution in [2.45, 2.75) is 26.7 Å². The van der Waals surface area contributed by atoms with E-state index in [9.17, 15) is 9.59 Å². The molecule has 0 atom stereocenters. The van der Waals surface area contributed by atoms with Gasteiger partial charge in [0.15, 0.2) is 5.78 Å². The number of benzene rings is 1. The number of thiophene rings is 1. The van der Waals surface area contributed by atoms with Crippen molar-refractivity contribution >= 4 is 28.7 Å². The van der Waals surface area contributed by atoms with E-state index in [1.54, 1.807) is 18.4 Å². The highest BCUT2D eigenvalue weighted by atomic mass is 32.1. The number of aryl methyl sites for hydroxylation is 2. The Labute approximate surface area is 164 Å². The van der Waals surface area contributed by atoms with Crippen LogP contribution in [0.4, 0.5) is 5.69 Å². The molecule has 27 heavy (non-hydrogen) atoms. The van der Waals surface area contributed by atoms with E-state index in [0.717, 1.165) is 39.8 Å². The number of Topliss-reactive ketones (excluding diaryl/α,β-unsaturated/α-hetero) is 1. The summed E-state index contributed by atoms with van der Waals surface area (Å²) in [6, 6.07) is 9.91. The fourth-order valence-corrected chi connectivity index (χ4v) is 4.38. The minimum absolute atomic E-state index is 0.0678. The SMILES string of the molecule is COc1cccc(N2CCN(C(=O)CCC(=O)c3cc(C)sc3C)CC2)c1. The first-order valence-electron chi connectivity index (χ1n) is 9.25. The Bertz CT molecular complexity index is 823. The summed E-state index contributed by atoms with van der Waals surface area (Å²) >= 11 is 1.63. The van der Waals surface area contributed by atoms with Gasteiger partial charge in [0.2, 0.25) is 5.91 Å². The van der Waals surface area contributed by atoms with Gasteiger partial charge < -0.3 is 14.5 Å². The topological polar surface area (TPSA) is 49.9 Å². The molecule has 1 aromatic carbocycles. The van der Waals surface area contributed by atoms with Crippen molar-refractivity contribution in [2.75, 3.05) is 38.2 Å². The van der Waals surface area contributed by atoms with Gasteiger partial charge in [0.05, 0.1) is 7.11 Å². The largest absolute Gasteiger partial charge is 0.497 e. The molecule has 1 aromatic heterocycles. The van der Waals surface area contributed by atoms with Crippen LogP contribution in [-0.2, 0) is 4.79 Å². The zero-order valence-corrected chi connectivity index (χ0v) is 17.0. The third-order valence-electron chi connectivity index (χ3n) is 4.96. The number of ether oxygens (including phenoxy) is 1. The Morgan fingerprint density at radius 2 is 1.81 bits per heavy atom. The molecule has 1 aliphatic rings. The smallest absolute Gasteiger partial charge is 0.223 e. The average Bonchev–Trinajstić information content (AvgIpc) is 3.04. The van der Waals surface area contributed by atoms with Crippen molar-refractivity contribution in [1.29, 1.82) is 0 Å². The first-order valence-corrected chi connectivity index (χ1v) is 10.1. The Hall–Kier alpha value is -2.34. The van der Waals surface area contributed by atoms with Gasteiger partial charge in [0, 0.05) is 66.1 Å². The van der Waals surface area contributed by atoms with Crippen LogP contribution in [0.2, 0.25) is 0 Å². The van der Waals surface area contributed by atoms with Gasteiger partial charge in [-0.15, -0.1) is 11.3 Å². The maximum atomic E-state index is 12.5. The number of hydrogen-bond acceptors (Lipinski definition) is 5.